The van der Waals surface area contributed by atoms with E-state index in [1.165, 1.54) is 15.4 Å². The zero-order chi connectivity index (χ0) is 35.3. The first-order chi connectivity index (χ1) is 22.6. The molecule has 0 aromatic heterocycles. The Labute approximate surface area is 280 Å². The van der Waals surface area contributed by atoms with E-state index in [1.54, 1.807) is 6.92 Å². The molecule has 0 amide bonds. The second kappa shape index (κ2) is 15.3. The summed E-state index contributed by atoms with van der Waals surface area (Å²) in [6.07, 6.45) is 8.99. The second-order valence-electron chi connectivity index (χ2n) is 14.3. The highest BCUT2D eigenvalue weighted by Crippen LogP contribution is 2.67. The molecule has 0 unspecified atom stereocenters. The SMILES string of the molecule is C/C(=N\OCCN(CC(=O)O)CC(=O)O)[C@@]1(O)CC[C@H]2[C@@H]3CCC4=C/C(=N/OCCN(CC(=O)O)CC(=O)O)CC[C@]4(C)[C@H]3CC[C@@]21C. The van der Waals surface area contributed by atoms with Gasteiger partial charge in [-0.2, -0.15) is 0 Å². The molecule has 4 rings (SSSR count). The first-order valence-corrected chi connectivity index (χ1v) is 16.7. The number of hydrogen-bond donors (Lipinski definition) is 5. The van der Waals surface area contributed by atoms with Crippen molar-refractivity contribution in [2.75, 3.05) is 52.5 Å². The molecule has 15 heteroatoms. The minimum absolute atomic E-state index is 0.00346. The Morgan fingerprint density at radius 1 is 0.792 bits per heavy atom. The predicted octanol–water partition coefficient (Wildman–Crippen LogP) is 2.39. The molecule has 5 N–H and O–H groups in total. The third-order valence-electron chi connectivity index (χ3n) is 11.5. The Balaban J connectivity index is 1.37. The lowest BCUT2D eigenvalue weighted by Gasteiger charge is -2.59. The van der Waals surface area contributed by atoms with Crippen LogP contribution in [0.1, 0.15) is 72.1 Å². The number of carboxylic acid groups (broad SMARTS) is 4. The van der Waals surface area contributed by atoms with Crippen LogP contribution >= 0.6 is 0 Å². The number of aliphatic hydroxyl groups is 1. The van der Waals surface area contributed by atoms with E-state index in [4.69, 9.17) is 30.1 Å². The van der Waals surface area contributed by atoms with Crippen molar-refractivity contribution < 1.29 is 54.4 Å². The van der Waals surface area contributed by atoms with E-state index in [9.17, 15) is 24.3 Å². The Kier molecular flexibility index (Phi) is 11.9. The van der Waals surface area contributed by atoms with E-state index >= 15 is 0 Å². The van der Waals surface area contributed by atoms with Gasteiger partial charge in [-0.1, -0.05) is 29.7 Å². The Morgan fingerprint density at radius 2 is 1.33 bits per heavy atom. The maximum absolute atomic E-state index is 12.1. The molecule has 48 heavy (non-hydrogen) atoms. The molecule has 3 saturated carbocycles. The van der Waals surface area contributed by atoms with Gasteiger partial charge in [0, 0.05) is 18.5 Å². The summed E-state index contributed by atoms with van der Waals surface area (Å²) in [5.41, 5.74) is 1.16. The minimum atomic E-state index is -1.14. The molecule has 3 fully saturated rings. The molecule has 0 aromatic carbocycles. The van der Waals surface area contributed by atoms with Crippen LogP contribution in [0.4, 0.5) is 0 Å². The minimum Gasteiger partial charge on any atom is -0.480 e. The van der Waals surface area contributed by atoms with Crippen LogP contribution in [0.3, 0.4) is 0 Å². The molecule has 0 aromatic rings. The van der Waals surface area contributed by atoms with Crippen LogP contribution in [0.5, 0.6) is 0 Å². The van der Waals surface area contributed by atoms with E-state index in [2.05, 4.69) is 30.2 Å². The summed E-state index contributed by atoms with van der Waals surface area (Å²) < 4.78 is 0. The number of carboxylic acids is 4. The third-order valence-corrected chi connectivity index (χ3v) is 11.5. The van der Waals surface area contributed by atoms with Crippen LogP contribution in [0.25, 0.3) is 0 Å². The van der Waals surface area contributed by atoms with Crippen LogP contribution in [-0.2, 0) is 28.9 Å². The fourth-order valence-electron chi connectivity index (χ4n) is 9.13. The zero-order valence-corrected chi connectivity index (χ0v) is 28.1. The van der Waals surface area contributed by atoms with Crippen molar-refractivity contribution in [3.05, 3.63) is 11.6 Å². The maximum Gasteiger partial charge on any atom is 0.317 e. The van der Waals surface area contributed by atoms with Crippen molar-refractivity contribution in [3.63, 3.8) is 0 Å². The molecule has 15 nitrogen and oxygen atoms in total. The number of allylic oxidation sites excluding steroid dienone is 2. The van der Waals surface area contributed by atoms with Gasteiger partial charge in [-0.3, -0.25) is 29.0 Å². The van der Waals surface area contributed by atoms with E-state index in [0.29, 0.717) is 29.9 Å². The van der Waals surface area contributed by atoms with Crippen LogP contribution < -0.4 is 0 Å². The average Bonchev–Trinajstić information content (AvgIpc) is 3.27. The monoisotopic (exact) mass is 678 g/mol. The number of rotatable bonds is 17. The standard InChI is InChI=1S/C33H50N4O11/c1-21(34-47-14-12-36(17-27(38)39)18-28(40)41)33(46)11-8-26-24-5-4-22-16-23(6-9-31(22,2)25(24)7-10-32(26,33)3)35-48-15-13-37(19-29(42)43)20-30(44)45/h16,24-26,46H,4-15,17-20H2,1-3H3,(H,38,39)(H,40,41)(H,42,43)(H,44,45)/b34-21+,35-23+/t24-,25+,26+,31+,32+,33+/m1/s1. The molecule has 0 radical (unpaired) electrons. The maximum atomic E-state index is 12.1. The first-order valence-electron chi connectivity index (χ1n) is 16.7. The van der Waals surface area contributed by atoms with E-state index in [1.807, 2.05) is 0 Å². The normalized spacial score (nSPS) is 32.3. The van der Waals surface area contributed by atoms with Gasteiger partial charge in [0.25, 0.3) is 0 Å². The number of hydrogen-bond acceptors (Lipinski definition) is 11. The topological polar surface area (TPSA) is 219 Å². The van der Waals surface area contributed by atoms with Crippen LogP contribution in [0, 0.1) is 28.6 Å². The molecule has 4 aliphatic rings. The summed E-state index contributed by atoms with van der Waals surface area (Å²) in [5, 5.41) is 56.8. The van der Waals surface area contributed by atoms with Crippen LogP contribution in [0.2, 0.25) is 0 Å². The Hall–Kier alpha value is -3.56. The first kappa shape index (κ1) is 37.3. The van der Waals surface area contributed by atoms with E-state index in [0.717, 1.165) is 50.7 Å². The molecule has 0 saturated heterocycles. The highest BCUT2D eigenvalue weighted by atomic mass is 16.6. The zero-order valence-electron chi connectivity index (χ0n) is 28.1. The fourth-order valence-corrected chi connectivity index (χ4v) is 9.13. The largest absolute Gasteiger partial charge is 0.480 e. The predicted molar refractivity (Wildman–Crippen MR) is 173 cm³/mol. The van der Waals surface area contributed by atoms with E-state index in [-0.39, 0.29) is 50.2 Å². The van der Waals surface area contributed by atoms with Crippen molar-refractivity contribution in [1.82, 2.24) is 9.80 Å². The molecule has 0 heterocycles. The fraction of sp³-hybridized carbons (Fsp3) is 0.758. The molecular formula is C33H50N4O11. The van der Waals surface area contributed by atoms with Gasteiger partial charge in [0.1, 0.15) is 18.8 Å². The quantitative estimate of drug-likeness (QED) is 0.0849. The van der Waals surface area contributed by atoms with Crippen molar-refractivity contribution in [3.8, 4) is 0 Å². The van der Waals surface area contributed by atoms with Crippen LogP contribution in [0.15, 0.2) is 22.0 Å². The number of fused-ring (bicyclic) bond motifs is 5. The van der Waals surface area contributed by atoms with Gasteiger partial charge in [0.15, 0.2) is 0 Å². The molecule has 4 aliphatic carbocycles. The van der Waals surface area contributed by atoms with Crippen molar-refractivity contribution in [1.29, 1.82) is 0 Å². The summed E-state index contributed by atoms with van der Waals surface area (Å²) in [6.45, 7) is 4.96. The smallest absolute Gasteiger partial charge is 0.317 e. The average molecular weight is 679 g/mol. The van der Waals surface area contributed by atoms with Gasteiger partial charge in [-0.15, -0.1) is 0 Å². The summed E-state index contributed by atoms with van der Waals surface area (Å²) in [4.78, 5) is 57.7. The third kappa shape index (κ3) is 8.17. The molecule has 0 spiro atoms. The molecular weight excluding hydrogens is 628 g/mol. The van der Waals surface area contributed by atoms with Gasteiger partial charge in [0.2, 0.25) is 0 Å². The van der Waals surface area contributed by atoms with E-state index < -0.39 is 42.6 Å². The van der Waals surface area contributed by atoms with Crippen LogP contribution in [-0.4, -0.2) is 129 Å². The summed E-state index contributed by atoms with van der Waals surface area (Å²) in [7, 11) is 0. The highest BCUT2D eigenvalue weighted by Gasteiger charge is 2.65. The van der Waals surface area contributed by atoms with Gasteiger partial charge >= 0.3 is 23.9 Å². The molecule has 268 valence electrons. The number of nitrogens with zero attached hydrogens (tertiary/aromatic N) is 4. The Bertz CT molecular complexity index is 1300. The molecule has 0 aliphatic heterocycles. The van der Waals surface area contributed by atoms with Crippen molar-refractivity contribution >= 4 is 35.3 Å². The van der Waals surface area contributed by atoms with Gasteiger partial charge in [-0.25, -0.2) is 0 Å². The van der Waals surface area contributed by atoms with Gasteiger partial charge in [0.05, 0.1) is 37.6 Å². The molecule has 0 bridgehead atoms. The van der Waals surface area contributed by atoms with Gasteiger partial charge < -0.3 is 35.2 Å². The van der Waals surface area contributed by atoms with Crippen molar-refractivity contribution in [2.24, 2.45) is 38.9 Å². The lowest BCUT2D eigenvalue weighted by molar-refractivity contribution is -0.144. The lowest BCUT2D eigenvalue weighted by atomic mass is 9.46. The number of aliphatic carboxylic acids is 4. The highest BCUT2D eigenvalue weighted by molar-refractivity contribution is 5.96. The second-order valence-corrected chi connectivity index (χ2v) is 14.3. The Morgan fingerprint density at radius 3 is 1.90 bits per heavy atom. The number of oxime groups is 2. The number of carbonyl (C=O) groups is 4. The summed E-state index contributed by atoms with van der Waals surface area (Å²) in [6, 6.07) is 0. The lowest BCUT2D eigenvalue weighted by Crippen LogP contribution is -2.57. The summed E-state index contributed by atoms with van der Waals surface area (Å²) in [5.74, 6) is -3.26. The van der Waals surface area contributed by atoms with Crippen molar-refractivity contribution in [2.45, 2.75) is 77.7 Å². The molecule has 6 atom stereocenters. The van der Waals surface area contributed by atoms with Gasteiger partial charge in [-0.05, 0) is 87.5 Å². The summed E-state index contributed by atoms with van der Waals surface area (Å²) >= 11 is 0.